The summed E-state index contributed by atoms with van der Waals surface area (Å²) in [6, 6.07) is 8.90. The quantitative estimate of drug-likeness (QED) is 0.441. The Bertz CT molecular complexity index is 1130. The highest BCUT2D eigenvalue weighted by atomic mass is 32.2. The maximum Gasteiger partial charge on any atom is 0.240 e. The van der Waals surface area contributed by atoms with Gasteiger partial charge in [0.25, 0.3) is 0 Å². The van der Waals surface area contributed by atoms with Crippen LogP contribution in [0.25, 0.3) is 0 Å². The van der Waals surface area contributed by atoms with Crippen molar-refractivity contribution in [3.05, 3.63) is 60.3 Å². The smallest absolute Gasteiger partial charge is 0.240 e. The summed E-state index contributed by atoms with van der Waals surface area (Å²) >= 11 is 0. The summed E-state index contributed by atoms with van der Waals surface area (Å²) in [6.07, 6.45) is 3.07. The minimum atomic E-state index is -3.85. The van der Waals surface area contributed by atoms with Crippen LogP contribution in [-0.2, 0) is 10.0 Å². The lowest BCUT2D eigenvalue weighted by Crippen LogP contribution is -2.29. The normalized spacial score (nSPS) is 11.2. The number of methoxy groups -OCH3 is 1. The molecule has 1 aromatic carbocycles. The molecule has 11 heteroatoms. The molecule has 3 aromatic rings. The maximum absolute atomic E-state index is 13.8. The summed E-state index contributed by atoms with van der Waals surface area (Å²) in [7, 11) is -2.55. The topological polar surface area (TPSA) is 118 Å². The van der Waals surface area contributed by atoms with Gasteiger partial charge in [0.15, 0.2) is 11.6 Å². The van der Waals surface area contributed by atoms with Crippen molar-refractivity contribution in [3.8, 4) is 5.75 Å². The van der Waals surface area contributed by atoms with Crippen molar-refractivity contribution >= 4 is 27.5 Å². The first kappa shape index (κ1) is 21.4. The monoisotopic (exact) mass is 432 g/mol. The number of halogens is 1. The van der Waals surface area contributed by atoms with Crippen LogP contribution in [0.2, 0.25) is 0 Å². The van der Waals surface area contributed by atoms with Crippen LogP contribution in [0.1, 0.15) is 5.56 Å². The highest BCUT2D eigenvalue weighted by Gasteiger charge is 2.16. The Kier molecular flexibility index (Phi) is 6.75. The zero-order chi connectivity index (χ0) is 21.6. The Balaban J connectivity index is 1.54. The first-order chi connectivity index (χ1) is 14.4. The number of rotatable bonds is 9. The van der Waals surface area contributed by atoms with E-state index in [-0.39, 0.29) is 23.7 Å². The summed E-state index contributed by atoms with van der Waals surface area (Å²) < 4.78 is 45.5. The minimum absolute atomic E-state index is 0.0235. The fourth-order valence-electron chi connectivity index (χ4n) is 2.53. The van der Waals surface area contributed by atoms with Crippen molar-refractivity contribution in [2.75, 3.05) is 30.8 Å². The molecule has 0 atom stereocenters. The number of aromatic nitrogens is 3. The van der Waals surface area contributed by atoms with Crippen molar-refractivity contribution in [1.82, 2.24) is 19.7 Å². The fraction of sp³-hybridized carbons (Fsp3) is 0.211. The van der Waals surface area contributed by atoms with E-state index in [1.54, 1.807) is 12.3 Å². The van der Waals surface area contributed by atoms with Crippen LogP contribution >= 0.6 is 0 Å². The summed E-state index contributed by atoms with van der Waals surface area (Å²) in [5.41, 5.74) is 1.06. The summed E-state index contributed by atoms with van der Waals surface area (Å²) in [4.78, 5) is 12.3. The van der Waals surface area contributed by atoms with Gasteiger partial charge in [0.1, 0.15) is 23.8 Å². The van der Waals surface area contributed by atoms with Crippen LogP contribution < -0.4 is 20.1 Å². The number of aryl methyl sites for hydroxylation is 1. The lowest BCUT2D eigenvalue weighted by Gasteiger charge is -2.10. The van der Waals surface area contributed by atoms with Gasteiger partial charge in [0, 0.05) is 25.4 Å². The first-order valence-corrected chi connectivity index (χ1v) is 10.4. The Labute approximate surface area is 173 Å². The molecule has 0 radical (unpaired) electrons. The van der Waals surface area contributed by atoms with Gasteiger partial charge in [-0.1, -0.05) is 0 Å². The zero-order valence-corrected chi connectivity index (χ0v) is 17.2. The number of nitrogens with zero attached hydrogens (tertiary/aromatic N) is 3. The van der Waals surface area contributed by atoms with E-state index in [0.29, 0.717) is 17.5 Å². The fourth-order valence-corrected chi connectivity index (χ4v) is 3.57. The van der Waals surface area contributed by atoms with Gasteiger partial charge in [-0.05, 0) is 42.8 Å². The van der Waals surface area contributed by atoms with E-state index >= 15 is 0 Å². The van der Waals surface area contributed by atoms with Gasteiger partial charge in [0.05, 0.1) is 12.0 Å². The lowest BCUT2D eigenvalue weighted by molar-refractivity contribution is 0.385. The molecule has 2 aromatic heterocycles. The van der Waals surface area contributed by atoms with Gasteiger partial charge in [-0.25, -0.2) is 32.5 Å². The highest BCUT2D eigenvalue weighted by Crippen LogP contribution is 2.20. The standard InChI is InChI=1S/C19H21FN6O3S/c1-13-5-6-21-18(9-13)26-19-11-17(23-12-24-19)22-7-8-25-30(27,28)14-3-4-16(29-2)15(20)10-14/h3-6,9-12,25H,7-8H2,1-2H3,(H2,21,22,23,24,26). The SMILES string of the molecule is COc1ccc(S(=O)(=O)NCCNc2cc(Nc3cc(C)ccn3)ncn2)cc1F. The summed E-state index contributed by atoms with van der Waals surface area (Å²) in [5.74, 6) is 0.932. The molecule has 0 aliphatic heterocycles. The molecule has 0 fully saturated rings. The van der Waals surface area contributed by atoms with Crippen molar-refractivity contribution in [2.45, 2.75) is 11.8 Å². The number of anilines is 3. The molecule has 2 heterocycles. The number of pyridine rings is 1. The third-order valence-corrected chi connectivity index (χ3v) is 5.45. The average Bonchev–Trinajstić information content (AvgIpc) is 2.71. The zero-order valence-electron chi connectivity index (χ0n) is 16.4. The van der Waals surface area contributed by atoms with Crippen LogP contribution in [0.4, 0.5) is 21.8 Å². The second kappa shape index (κ2) is 9.46. The third kappa shape index (κ3) is 5.61. The Morgan fingerprint density at radius 1 is 1.00 bits per heavy atom. The number of nitrogens with one attached hydrogen (secondary N) is 3. The number of hydrogen-bond acceptors (Lipinski definition) is 8. The summed E-state index contributed by atoms with van der Waals surface area (Å²) in [6.45, 7) is 2.29. The van der Waals surface area contributed by atoms with E-state index in [1.165, 1.54) is 25.6 Å². The van der Waals surface area contributed by atoms with Crippen LogP contribution in [0.3, 0.4) is 0 Å². The van der Waals surface area contributed by atoms with Crippen molar-refractivity contribution < 1.29 is 17.5 Å². The Morgan fingerprint density at radius 2 is 1.77 bits per heavy atom. The maximum atomic E-state index is 13.8. The van der Waals surface area contributed by atoms with E-state index in [2.05, 4.69) is 30.3 Å². The molecular weight excluding hydrogens is 411 g/mol. The molecule has 0 saturated heterocycles. The molecule has 30 heavy (non-hydrogen) atoms. The number of benzene rings is 1. The minimum Gasteiger partial charge on any atom is -0.494 e. The Morgan fingerprint density at radius 3 is 2.50 bits per heavy atom. The number of sulfonamides is 1. The molecule has 0 unspecified atom stereocenters. The number of hydrogen-bond donors (Lipinski definition) is 3. The van der Waals surface area contributed by atoms with Crippen LogP contribution in [0.15, 0.2) is 53.8 Å². The van der Waals surface area contributed by atoms with Crippen LogP contribution in [0.5, 0.6) is 5.75 Å². The van der Waals surface area contributed by atoms with Crippen LogP contribution in [0, 0.1) is 12.7 Å². The van der Waals surface area contributed by atoms with Crippen molar-refractivity contribution in [3.63, 3.8) is 0 Å². The number of ether oxygens (including phenoxy) is 1. The lowest BCUT2D eigenvalue weighted by atomic mass is 10.3. The van der Waals surface area contributed by atoms with Gasteiger partial charge >= 0.3 is 0 Å². The Hall–Kier alpha value is -3.31. The average molecular weight is 432 g/mol. The van der Waals surface area contributed by atoms with E-state index in [4.69, 9.17) is 4.74 Å². The second-order valence-electron chi connectivity index (χ2n) is 6.25. The predicted molar refractivity (Wildman–Crippen MR) is 111 cm³/mol. The highest BCUT2D eigenvalue weighted by molar-refractivity contribution is 7.89. The van der Waals surface area contributed by atoms with Crippen LogP contribution in [-0.4, -0.2) is 43.6 Å². The summed E-state index contributed by atoms with van der Waals surface area (Å²) in [5, 5.41) is 6.08. The van der Waals surface area contributed by atoms with Gasteiger partial charge in [-0.2, -0.15) is 0 Å². The van der Waals surface area contributed by atoms with Crippen molar-refractivity contribution in [1.29, 1.82) is 0 Å². The van der Waals surface area contributed by atoms with Crippen molar-refractivity contribution in [2.24, 2.45) is 0 Å². The molecule has 0 aliphatic carbocycles. The van der Waals surface area contributed by atoms with Gasteiger partial charge in [0.2, 0.25) is 10.0 Å². The van der Waals surface area contributed by atoms with E-state index in [9.17, 15) is 12.8 Å². The molecule has 0 saturated carbocycles. The molecule has 0 aliphatic rings. The van der Waals surface area contributed by atoms with E-state index in [0.717, 1.165) is 11.6 Å². The van der Waals surface area contributed by atoms with Gasteiger partial charge in [-0.15, -0.1) is 0 Å². The van der Waals surface area contributed by atoms with Gasteiger partial charge in [-0.3, -0.25) is 0 Å². The molecule has 0 bridgehead atoms. The third-order valence-electron chi connectivity index (χ3n) is 4.00. The van der Waals surface area contributed by atoms with Gasteiger partial charge < -0.3 is 15.4 Å². The molecule has 0 spiro atoms. The largest absolute Gasteiger partial charge is 0.494 e. The predicted octanol–water partition coefficient (Wildman–Crippen LogP) is 2.46. The first-order valence-electron chi connectivity index (χ1n) is 8.96. The molecule has 158 valence electrons. The molecule has 3 rings (SSSR count). The molecule has 0 amide bonds. The molecule has 9 nitrogen and oxygen atoms in total. The van der Waals surface area contributed by atoms with E-state index < -0.39 is 15.8 Å². The second-order valence-corrected chi connectivity index (χ2v) is 8.02. The molecular formula is C19H21FN6O3S. The van der Waals surface area contributed by atoms with E-state index in [1.807, 2.05) is 19.1 Å². The molecule has 3 N–H and O–H groups in total.